The van der Waals surface area contributed by atoms with Gasteiger partial charge >= 0.3 is 11.9 Å². The van der Waals surface area contributed by atoms with Gasteiger partial charge in [0.2, 0.25) is 0 Å². The smallest absolute Gasteiger partial charge is 0.306 e. The van der Waals surface area contributed by atoms with Gasteiger partial charge in [-0.2, -0.15) is 0 Å². The molecule has 136 valence electrons. The molecule has 0 amide bonds. The molecule has 0 spiro atoms. The maximum atomic E-state index is 11.7. The van der Waals surface area contributed by atoms with E-state index in [0.717, 1.165) is 12.8 Å². The summed E-state index contributed by atoms with van der Waals surface area (Å²) < 4.78 is 10.3. The summed E-state index contributed by atoms with van der Waals surface area (Å²) in [6.45, 7) is 15.8. The fourth-order valence-corrected chi connectivity index (χ4v) is 2.73. The minimum atomic E-state index is -0.331. The predicted molar refractivity (Wildman–Crippen MR) is 93.0 cm³/mol. The molecule has 0 aromatic rings. The Bertz CT molecular complexity index is 355. The molecule has 0 radical (unpaired) electrons. The Balaban J connectivity index is 3.85. The number of carbonyl (C=O) groups is 2. The van der Waals surface area contributed by atoms with Gasteiger partial charge in [-0.05, 0) is 36.0 Å². The highest BCUT2D eigenvalue weighted by Gasteiger charge is 2.18. The van der Waals surface area contributed by atoms with E-state index in [9.17, 15) is 9.59 Å². The van der Waals surface area contributed by atoms with Crippen LogP contribution in [0.4, 0.5) is 0 Å². The van der Waals surface area contributed by atoms with Crippen molar-refractivity contribution in [2.24, 2.45) is 23.2 Å². The second-order valence-electron chi connectivity index (χ2n) is 8.47. The maximum Gasteiger partial charge on any atom is 0.306 e. The fourth-order valence-electron chi connectivity index (χ4n) is 2.73. The largest absolute Gasteiger partial charge is 0.465 e. The van der Waals surface area contributed by atoms with Crippen molar-refractivity contribution >= 4 is 11.9 Å². The minimum Gasteiger partial charge on any atom is -0.465 e. The van der Waals surface area contributed by atoms with Crippen LogP contribution in [0.5, 0.6) is 0 Å². The van der Waals surface area contributed by atoms with Gasteiger partial charge in [-0.25, -0.2) is 0 Å². The van der Waals surface area contributed by atoms with Crippen LogP contribution < -0.4 is 0 Å². The first-order valence-corrected chi connectivity index (χ1v) is 8.81. The first-order chi connectivity index (χ1) is 10.5. The van der Waals surface area contributed by atoms with Crippen molar-refractivity contribution in [2.75, 3.05) is 13.2 Å². The maximum absolute atomic E-state index is 11.7. The molecule has 23 heavy (non-hydrogen) atoms. The number of ether oxygens (including phenoxy) is 2. The molecule has 0 heterocycles. The molecule has 0 saturated heterocycles. The lowest BCUT2D eigenvalue weighted by Gasteiger charge is -2.25. The van der Waals surface area contributed by atoms with Gasteiger partial charge in [0, 0.05) is 0 Å². The Kier molecular flexibility index (Phi) is 10.2. The zero-order chi connectivity index (χ0) is 18.0. The highest BCUT2D eigenvalue weighted by molar-refractivity contribution is 5.77. The molecule has 0 saturated carbocycles. The van der Waals surface area contributed by atoms with E-state index in [2.05, 4.69) is 34.6 Å². The second kappa shape index (κ2) is 10.7. The first kappa shape index (κ1) is 21.9. The average Bonchev–Trinajstić information content (AvgIpc) is 2.38. The van der Waals surface area contributed by atoms with Gasteiger partial charge in [-0.3, -0.25) is 9.59 Å². The molecular weight excluding hydrogens is 292 g/mol. The zero-order valence-electron chi connectivity index (χ0n) is 16.1. The summed E-state index contributed by atoms with van der Waals surface area (Å²) in [6, 6.07) is 0. The summed E-state index contributed by atoms with van der Waals surface area (Å²) in [4.78, 5) is 23.1. The molecule has 0 aliphatic carbocycles. The van der Waals surface area contributed by atoms with Crippen LogP contribution in [-0.2, 0) is 19.1 Å². The summed E-state index contributed by atoms with van der Waals surface area (Å²) in [5, 5.41) is 0. The van der Waals surface area contributed by atoms with E-state index in [4.69, 9.17) is 9.47 Å². The van der Waals surface area contributed by atoms with Crippen LogP contribution in [0.3, 0.4) is 0 Å². The van der Waals surface area contributed by atoms with Crippen molar-refractivity contribution in [3.8, 4) is 0 Å². The number of esters is 2. The summed E-state index contributed by atoms with van der Waals surface area (Å²) >= 11 is 0. The zero-order valence-corrected chi connectivity index (χ0v) is 16.1. The van der Waals surface area contributed by atoms with Crippen molar-refractivity contribution in [1.82, 2.24) is 0 Å². The SMILES string of the molecule is CC(C)COC(=O)CCC(=O)OCC(C)CC(C)CC(C)(C)C. The van der Waals surface area contributed by atoms with Crippen molar-refractivity contribution in [3.05, 3.63) is 0 Å². The van der Waals surface area contributed by atoms with Gasteiger partial charge in [0.1, 0.15) is 0 Å². The van der Waals surface area contributed by atoms with Crippen LogP contribution in [0, 0.1) is 23.2 Å². The third-order valence-electron chi connectivity index (χ3n) is 3.41. The molecular formula is C19H36O4. The standard InChI is InChI=1S/C19H36O4/c1-14(2)12-22-17(20)8-9-18(21)23-13-16(4)10-15(3)11-19(5,6)7/h14-16H,8-13H2,1-7H3. The Morgan fingerprint density at radius 3 is 1.74 bits per heavy atom. The Labute approximate surface area is 142 Å². The van der Waals surface area contributed by atoms with E-state index in [-0.39, 0.29) is 24.8 Å². The van der Waals surface area contributed by atoms with Gasteiger partial charge in [0.25, 0.3) is 0 Å². The van der Waals surface area contributed by atoms with Crippen molar-refractivity contribution in [2.45, 2.75) is 74.1 Å². The lowest BCUT2D eigenvalue weighted by Crippen LogP contribution is -2.18. The molecule has 0 bridgehead atoms. The van der Waals surface area contributed by atoms with Gasteiger partial charge in [-0.1, -0.05) is 48.5 Å². The van der Waals surface area contributed by atoms with E-state index in [1.54, 1.807) is 0 Å². The number of rotatable bonds is 10. The molecule has 0 aliphatic rings. The predicted octanol–water partition coefficient (Wildman–Crippen LogP) is 4.61. The van der Waals surface area contributed by atoms with Gasteiger partial charge in [-0.15, -0.1) is 0 Å². The lowest BCUT2D eigenvalue weighted by molar-refractivity contribution is -0.151. The molecule has 2 unspecified atom stereocenters. The summed E-state index contributed by atoms with van der Waals surface area (Å²) in [5.74, 6) is 0.602. The van der Waals surface area contributed by atoms with E-state index in [0.29, 0.717) is 36.4 Å². The van der Waals surface area contributed by atoms with Crippen molar-refractivity contribution in [1.29, 1.82) is 0 Å². The molecule has 0 aliphatic heterocycles. The van der Waals surface area contributed by atoms with E-state index in [1.807, 2.05) is 13.8 Å². The van der Waals surface area contributed by atoms with Crippen LogP contribution in [-0.4, -0.2) is 25.2 Å². The highest BCUT2D eigenvalue weighted by atomic mass is 16.5. The summed E-state index contributed by atoms with van der Waals surface area (Å²) in [7, 11) is 0. The molecule has 0 fully saturated rings. The highest BCUT2D eigenvalue weighted by Crippen LogP contribution is 2.28. The van der Waals surface area contributed by atoms with Crippen LogP contribution >= 0.6 is 0 Å². The third-order valence-corrected chi connectivity index (χ3v) is 3.41. The lowest BCUT2D eigenvalue weighted by atomic mass is 9.82. The molecule has 0 rings (SSSR count). The molecule has 0 aromatic heterocycles. The Morgan fingerprint density at radius 2 is 1.30 bits per heavy atom. The van der Waals surface area contributed by atoms with Crippen LogP contribution in [0.2, 0.25) is 0 Å². The summed E-state index contributed by atoms with van der Waals surface area (Å²) in [6.07, 6.45) is 2.40. The first-order valence-electron chi connectivity index (χ1n) is 8.81. The number of hydrogen-bond acceptors (Lipinski definition) is 4. The van der Waals surface area contributed by atoms with Gasteiger partial charge in [0.15, 0.2) is 0 Å². The van der Waals surface area contributed by atoms with Crippen molar-refractivity contribution in [3.63, 3.8) is 0 Å². The average molecular weight is 328 g/mol. The number of hydrogen-bond donors (Lipinski definition) is 0. The van der Waals surface area contributed by atoms with Crippen LogP contribution in [0.25, 0.3) is 0 Å². The Morgan fingerprint density at radius 1 is 0.826 bits per heavy atom. The van der Waals surface area contributed by atoms with Gasteiger partial charge in [0.05, 0.1) is 26.1 Å². The van der Waals surface area contributed by atoms with Crippen LogP contribution in [0.1, 0.15) is 74.1 Å². The number of carbonyl (C=O) groups excluding carboxylic acids is 2. The van der Waals surface area contributed by atoms with Crippen LogP contribution in [0.15, 0.2) is 0 Å². The van der Waals surface area contributed by atoms with E-state index in [1.165, 1.54) is 0 Å². The quantitative estimate of drug-likeness (QED) is 0.550. The van der Waals surface area contributed by atoms with Crippen molar-refractivity contribution < 1.29 is 19.1 Å². The molecule has 0 N–H and O–H groups in total. The third kappa shape index (κ3) is 14.3. The monoisotopic (exact) mass is 328 g/mol. The Hall–Kier alpha value is -1.06. The topological polar surface area (TPSA) is 52.6 Å². The molecule has 2 atom stereocenters. The normalized spacial score (nSPS) is 14.4. The summed E-state index contributed by atoms with van der Waals surface area (Å²) in [5.41, 5.74) is 0.326. The molecule has 4 heteroatoms. The van der Waals surface area contributed by atoms with Gasteiger partial charge < -0.3 is 9.47 Å². The second-order valence-corrected chi connectivity index (χ2v) is 8.47. The van der Waals surface area contributed by atoms with E-state index >= 15 is 0 Å². The fraction of sp³-hybridized carbons (Fsp3) is 0.895. The molecule has 0 aromatic carbocycles. The van der Waals surface area contributed by atoms with E-state index < -0.39 is 0 Å². The molecule has 4 nitrogen and oxygen atoms in total. The minimum absolute atomic E-state index is 0.0976.